The molecule has 2 aromatic rings. The van der Waals surface area contributed by atoms with Gasteiger partial charge in [-0.3, -0.25) is 4.79 Å². The molecule has 2 aromatic carbocycles. The maximum absolute atomic E-state index is 14.5. The van der Waals surface area contributed by atoms with Crippen LogP contribution in [0.25, 0.3) is 5.57 Å². The first-order valence-corrected chi connectivity index (χ1v) is 8.98. The van der Waals surface area contributed by atoms with E-state index in [-0.39, 0.29) is 17.8 Å². The van der Waals surface area contributed by atoms with Gasteiger partial charge in [-0.2, -0.15) is 0 Å². The van der Waals surface area contributed by atoms with Crippen LogP contribution < -0.4 is 9.47 Å². The van der Waals surface area contributed by atoms with E-state index in [0.717, 1.165) is 11.1 Å². The zero-order chi connectivity index (χ0) is 19.4. The predicted octanol–water partition coefficient (Wildman–Crippen LogP) is 4.61. The molecule has 0 N–H and O–H groups in total. The van der Waals surface area contributed by atoms with Gasteiger partial charge in [-0.25, -0.2) is 4.39 Å². The number of halogens is 1. The fraction of sp³-hybridized carbons (Fsp3) is 0.318. The Kier molecular flexibility index (Phi) is 5.79. The Bertz CT molecular complexity index is 862. The van der Waals surface area contributed by atoms with E-state index >= 15 is 0 Å². The number of ether oxygens (including phenoxy) is 2. The van der Waals surface area contributed by atoms with Crippen molar-refractivity contribution in [3.05, 3.63) is 65.5 Å². The van der Waals surface area contributed by atoms with Crippen LogP contribution in [-0.4, -0.2) is 31.6 Å². The number of methoxy groups -OCH3 is 2. The zero-order valence-corrected chi connectivity index (χ0v) is 15.9. The van der Waals surface area contributed by atoms with E-state index in [9.17, 15) is 9.18 Å². The summed E-state index contributed by atoms with van der Waals surface area (Å²) in [6.45, 7) is 2.10. The molecule has 5 heteroatoms. The number of amides is 1. The lowest BCUT2D eigenvalue weighted by Gasteiger charge is -2.30. The molecule has 1 aliphatic rings. The minimum absolute atomic E-state index is 0.0507. The summed E-state index contributed by atoms with van der Waals surface area (Å²) in [6, 6.07) is 12.1. The first kappa shape index (κ1) is 19.0. The summed E-state index contributed by atoms with van der Waals surface area (Å²) in [5.41, 5.74) is 2.59. The van der Waals surface area contributed by atoms with Crippen LogP contribution in [0.15, 0.2) is 48.5 Å². The summed E-state index contributed by atoms with van der Waals surface area (Å²) in [7, 11) is 3.20. The Hall–Kier alpha value is -2.82. The molecule has 0 aliphatic carbocycles. The van der Waals surface area contributed by atoms with Crippen molar-refractivity contribution in [1.29, 1.82) is 0 Å². The standard InChI is InChI=1S/C22H24FNO3/c1-15(25)24-12-6-7-16(13-20(24)18-8-4-5-9-19(18)23)17-10-11-21(26-2)22(14-17)27-3/h4-5,7-11,14,20H,6,12-13H2,1-3H3. The molecule has 0 spiro atoms. The zero-order valence-electron chi connectivity index (χ0n) is 15.9. The van der Waals surface area contributed by atoms with Crippen LogP contribution in [0, 0.1) is 5.82 Å². The molecule has 0 aromatic heterocycles. The molecule has 0 fully saturated rings. The van der Waals surface area contributed by atoms with Gasteiger partial charge in [-0.1, -0.05) is 30.3 Å². The van der Waals surface area contributed by atoms with Crippen LogP contribution >= 0.6 is 0 Å². The summed E-state index contributed by atoms with van der Waals surface area (Å²) in [5, 5.41) is 0. The summed E-state index contributed by atoms with van der Waals surface area (Å²) < 4.78 is 25.2. The third-order valence-electron chi connectivity index (χ3n) is 4.97. The largest absolute Gasteiger partial charge is 0.493 e. The molecule has 1 aliphatic heterocycles. The number of nitrogens with zero attached hydrogens (tertiary/aromatic N) is 1. The van der Waals surface area contributed by atoms with Crippen molar-refractivity contribution in [2.24, 2.45) is 0 Å². The molecule has 4 nitrogen and oxygen atoms in total. The second-order valence-corrected chi connectivity index (χ2v) is 6.54. The van der Waals surface area contributed by atoms with Crippen molar-refractivity contribution in [3.8, 4) is 11.5 Å². The van der Waals surface area contributed by atoms with Crippen molar-refractivity contribution >= 4 is 11.5 Å². The average Bonchev–Trinajstić information content (AvgIpc) is 2.91. The number of hydrogen-bond donors (Lipinski definition) is 0. The van der Waals surface area contributed by atoms with E-state index < -0.39 is 0 Å². The molecule has 3 rings (SSSR count). The normalized spacial score (nSPS) is 17.1. The molecule has 0 saturated heterocycles. The van der Waals surface area contributed by atoms with Crippen molar-refractivity contribution in [2.75, 3.05) is 20.8 Å². The fourth-order valence-corrected chi connectivity index (χ4v) is 3.61. The van der Waals surface area contributed by atoms with Gasteiger partial charge in [-0.05, 0) is 42.2 Å². The maximum atomic E-state index is 14.5. The Morgan fingerprint density at radius 2 is 1.85 bits per heavy atom. The molecule has 1 unspecified atom stereocenters. The maximum Gasteiger partial charge on any atom is 0.219 e. The highest BCUT2D eigenvalue weighted by Crippen LogP contribution is 2.38. The summed E-state index contributed by atoms with van der Waals surface area (Å²) in [4.78, 5) is 14.0. The van der Waals surface area contributed by atoms with E-state index in [4.69, 9.17) is 9.47 Å². The molecule has 0 radical (unpaired) electrons. The van der Waals surface area contributed by atoms with Gasteiger partial charge < -0.3 is 14.4 Å². The van der Waals surface area contributed by atoms with Gasteiger partial charge in [0.25, 0.3) is 0 Å². The second kappa shape index (κ2) is 8.25. The van der Waals surface area contributed by atoms with E-state index in [0.29, 0.717) is 36.4 Å². The summed E-state index contributed by atoms with van der Waals surface area (Å²) in [6.07, 6.45) is 3.38. The van der Waals surface area contributed by atoms with Crippen LogP contribution in [0.4, 0.5) is 4.39 Å². The Balaban J connectivity index is 2.00. The molecule has 1 atom stereocenters. The van der Waals surface area contributed by atoms with Crippen LogP contribution in [-0.2, 0) is 4.79 Å². The Morgan fingerprint density at radius 1 is 1.11 bits per heavy atom. The van der Waals surface area contributed by atoms with Crippen molar-refractivity contribution in [3.63, 3.8) is 0 Å². The van der Waals surface area contributed by atoms with E-state index in [2.05, 4.69) is 6.08 Å². The third kappa shape index (κ3) is 3.97. The van der Waals surface area contributed by atoms with Gasteiger partial charge in [0.15, 0.2) is 11.5 Å². The molecule has 142 valence electrons. The van der Waals surface area contributed by atoms with E-state index in [1.54, 1.807) is 37.3 Å². The quantitative estimate of drug-likeness (QED) is 0.790. The van der Waals surface area contributed by atoms with Crippen LogP contribution in [0.3, 0.4) is 0 Å². The lowest BCUT2D eigenvalue weighted by atomic mass is 9.93. The van der Waals surface area contributed by atoms with Crippen LogP contribution in [0.5, 0.6) is 11.5 Å². The van der Waals surface area contributed by atoms with E-state index in [1.807, 2.05) is 18.2 Å². The molecule has 0 bridgehead atoms. The lowest BCUT2D eigenvalue weighted by Crippen LogP contribution is -2.33. The number of rotatable bonds is 4. The first-order valence-electron chi connectivity index (χ1n) is 8.98. The van der Waals surface area contributed by atoms with Gasteiger partial charge in [0.05, 0.1) is 20.3 Å². The van der Waals surface area contributed by atoms with Gasteiger partial charge in [0, 0.05) is 19.0 Å². The van der Waals surface area contributed by atoms with Gasteiger partial charge in [0.1, 0.15) is 5.82 Å². The fourth-order valence-electron chi connectivity index (χ4n) is 3.61. The van der Waals surface area contributed by atoms with Crippen LogP contribution in [0.1, 0.15) is 36.9 Å². The molecule has 27 heavy (non-hydrogen) atoms. The van der Waals surface area contributed by atoms with Gasteiger partial charge in [0.2, 0.25) is 5.91 Å². The minimum atomic E-state index is -0.342. The van der Waals surface area contributed by atoms with Gasteiger partial charge in [-0.15, -0.1) is 0 Å². The average molecular weight is 369 g/mol. The molecular weight excluding hydrogens is 345 g/mol. The van der Waals surface area contributed by atoms with Crippen molar-refractivity contribution in [2.45, 2.75) is 25.8 Å². The summed E-state index contributed by atoms with van der Waals surface area (Å²) in [5.74, 6) is 0.963. The Labute approximate surface area is 159 Å². The summed E-state index contributed by atoms with van der Waals surface area (Å²) >= 11 is 0. The highest BCUT2D eigenvalue weighted by Gasteiger charge is 2.28. The number of hydrogen-bond acceptors (Lipinski definition) is 3. The number of carbonyl (C=O) groups is 1. The predicted molar refractivity (Wildman–Crippen MR) is 103 cm³/mol. The molecular formula is C22H24FNO3. The highest BCUT2D eigenvalue weighted by atomic mass is 19.1. The smallest absolute Gasteiger partial charge is 0.219 e. The first-order chi connectivity index (χ1) is 13.0. The van der Waals surface area contributed by atoms with Gasteiger partial charge >= 0.3 is 0 Å². The second-order valence-electron chi connectivity index (χ2n) is 6.54. The monoisotopic (exact) mass is 369 g/mol. The topological polar surface area (TPSA) is 38.8 Å². The third-order valence-corrected chi connectivity index (χ3v) is 4.97. The molecule has 1 heterocycles. The lowest BCUT2D eigenvalue weighted by molar-refractivity contribution is -0.131. The minimum Gasteiger partial charge on any atom is -0.493 e. The number of benzene rings is 2. The van der Waals surface area contributed by atoms with Crippen LogP contribution in [0.2, 0.25) is 0 Å². The van der Waals surface area contributed by atoms with Crippen molar-refractivity contribution in [1.82, 2.24) is 4.90 Å². The SMILES string of the molecule is COc1ccc(C2=CCCN(C(C)=O)C(c3ccccc3F)C2)cc1OC. The van der Waals surface area contributed by atoms with E-state index in [1.165, 1.54) is 13.0 Å². The Morgan fingerprint density at radius 3 is 2.52 bits per heavy atom. The number of carbonyl (C=O) groups excluding carboxylic acids is 1. The molecule has 1 amide bonds. The highest BCUT2D eigenvalue weighted by molar-refractivity contribution is 5.76. The molecule has 0 saturated carbocycles. The van der Waals surface area contributed by atoms with Crippen molar-refractivity contribution < 1.29 is 18.7 Å².